The van der Waals surface area contributed by atoms with Gasteiger partial charge in [-0.2, -0.15) is 0 Å². The molecule has 0 atom stereocenters. The van der Waals surface area contributed by atoms with Gasteiger partial charge in [-0.1, -0.05) is 0 Å². The normalized spacial score (nSPS) is 11.1. The van der Waals surface area contributed by atoms with E-state index in [-0.39, 0.29) is 9.26 Å². The van der Waals surface area contributed by atoms with Gasteiger partial charge in [0.05, 0.1) is 0 Å². The van der Waals surface area contributed by atoms with Crippen LogP contribution in [0.2, 0.25) is 0 Å². The van der Waals surface area contributed by atoms with Gasteiger partial charge in [-0.05, 0) is 0 Å². The van der Waals surface area contributed by atoms with Crippen LogP contribution in [0.4, 0.5) is 0 Å². The monoisotopic (exact) mass is 322 g/mol. The number of benzene rings is 1. The molecule has 0 fully saturated rings. The predicted octanol–water partition coefficient (Wildman–Crippen LogP) is -1.29. The molecule has 3 N–H and O–H groups in total. The van der Waals surface area contributed by atoms with E-state index >= 15 is 0 Å². The average molecular weight is 323 g/mol. The van der Waals surface area contributed by atoms with Gasteiger partial charge in [0.2, 0.25) is 0 Å². The van der Waals surface area contributed by atoms with Gasteiger partial charge in [-0.25, -0.2) is 0 Å². The number of carbonyl (C=O) groups is 1. The van der Waals surface area contributed by atoms with E-state index in [1.165, 1.54) is 18.2 Å². The van der Waals surface area contributed by atoms with E-state index in [1.54, 1.807) is 0 Å². The van der Waals surface area contributed by atoms with Crippen molar-refractivity contribution in [2.24, 2.45) is 0 Å². The van der Waals surface area contributed by atoms with Crippen molar-refractivity contribution in [3.63, 3.8) is 0 Å². The minimum atomic E-state index is -5.21. The Morgan fingerprint density at radius 1 is 1.40 bits per heavy atom. The van der Waals surface area contributed by atoms with Crippen molar-refractivity contribution in [1.82, 2.24) is 0 Å². The van der Waals surface area contributed by atoms with Crippen molar-refractivity contribution in [2.45, 2.75) is 0 Å². The second-order valence-corrected chi connectivity index (χ2v) is 7.30. The van der Waals surface area contributed by atoms with E-state index in [9.17, 15) is 7.81 Å². The molecule has 1 aromatic carbocycles. The summed E-state index contributed by atoms with van der Waals surface area (Å²) in [5.41, 5.74) is 0. The number of ether oxygens (including phenoxy) is 1. The van der Waals surface area contributed by atoms with E-state index in [0.717, 1.165) is 6.07 Å². The third-order valence-corrected chi connectivity index (χ3v) is 4.23. The Hall–Kier alpha value is -0.972. The second kappa shape index (κ2) is 4.70. The van der Waals surface area contributed by atoms with Gasteiger partial charge in [0, 0.05) is 0 Å². The number of carboxylic acids is 1. The summed E-state index contributed by atoms with van der Waals surface area (Å²) in [4.78, 5) is 10.2. The number of rotatable bonds is 4. The molecule has 82 valence electrons. The quantitative estimate of drug-likeness (QED) is 0.596. The van der Waals surface area contributed by atoms with Crippen LogP contribution < -0.4 is 8.25 Å². The number of hydrogen-bond acceptors (Lipinski definition) is 3. The molecule has 0 amide bonds. The molecule has 0 spiro atoms. The van der Waals surface area contributed by atoms with Gasteiger partial charge in [0.15, 0.2) is 0 Å². The molecular weight excluding hydrogens is 314 g/mol. The third-order valence-electron chi connectivity index (χ3n) is 1.52. The predicted molar refractivity (Wildman–Crippen MR) is 50.1 cm³/mol. The van der Waals surface area contributed by atoms with E-state index in [1.807, 2.05) is 0 Å². The molecule has 0 saturated carbocycles. The van der Waals surface area contributed by atoms with Crippen LogP contribution in [0.25, 0.3) is 0 Å². The summed E-state index contributed by atoms with van der Waals surface area (Å²) in [6, 6.07) is 5.27. The van der Waals surface area contributed by atoms with E-state index in [0.29, 0.717) is 0 Å². The van der Waals surface area contributed by atoms with Gasteiger partial charge in [-0.3, -0.25) is 0 Å². The molecule has 6 nitrogen and oxygen atoms in total. The minimum absolute atomic E-state index is 0.114. The molecule has 1 rings (SSSR count). The molecule has 0 aliphatic carbocycles. The number of aliphatic carboxylic acids is 1. The molecule has 15 heavy (non-hydrogen) atoms. The number of hydrogen-bond donors (Lipinski definition) is 3. The molecule has 0 bridgehead atoms. The molecule has 1 aromatic rings. The molecule has 7 heteroatoms. The van der Waals surface area contributed by atoms with Gasteiger partial charge in [0.25, 0.3) is 0 Å². The first-order valence-corrected chi connectivity index (χ1v) is 8.50. The topological polar surface area (TPSA) is 104 Å². The van der Waals surface area contributed by atoms with Crippen molar-refractivity contribution < 1.29 is 24.4 Å². The second-order valence-electron chi connectivity index (χ2n) is 2.72. The van der Waals surface area contributed by atoms with E-state index in [4.69, 9.17) is 16.6 Å². The fourth-order valence-corrected chi connectivity index (χ4v) is 2.54. The number of carboxylic acid groups (broad SMARTS) is 1. The third kappa shape index (κ3) is 3.95. The van der Waals surface area contributed by atoms with Crippen LogP contribution in [0, 0.1) is 0 Å². The Labute approximate surface area is 90.3 Å². The van der Waals surface area contributed by atoms with Crippen LogP contribution in [0.5, 0.6) is 5.75 Å². The Balaban J connectivity index is 2.84. The Kier molecular flexibility index (Phi) is 3.79. The first-order chi connectivity index (χ1) is 6.89. The van der Waals surface area contributed by atoms with E-state index in [2.05, 4.69) is 0 Å². The Bertz CT molecular complexity index is 409. The van der Waals surface area contributed by atoms with Crippen molar-refractivity contribution in [2.75, 3.05) is 6.61 Å². The zero-order valence-electron chi connectivity index (χ0n) is 7.53. The molecule has 0 aliphatic rings. The fourth-order valence-electron chi connectivity index (χ4n) is 0.900. The first kappa shape index (κ1) is 12.1. The zero-order chi connectivity index (χ0) is 11.5. The van der Waals surface area contributed by atoms with Gasteiger partial charge < -0.3 is 0 Å². The van der Waals surface area contributed by atoms with Gasteiger partial charge in [0.1, 0.15) is 0 Å². The van der Waals surface area contributed by atoms with Crippen LogP contribution in [0.3, 0.4) is 0 Å². The van der Waals surface area contributed by atoms with Crippen LogP contribution in [0.15, 0.2) is 24.3 Å². The molecule has 0 radical (unpaired) electrons. The summed E-state index contributed by atoms with van der Waals surface area (Å²) in [6.07, 6.45) is 0. The molecule has 0 aromatic heterocycles. The SMILES string of the molecule is O=C(O)COc1ccc[c]([Sb](=[O])([OH])[OH])c1. The summed E-state index contributed by atoms with van der Waals surface area (Å²) in [7, 11) is 0. The first-order valence-electron chi connectivity index (χ1n) is 3.90. The molecule has 0 unspecified atom stereocenters. The van der Waals surface area contributed by atoms with E-state index < -0.39 is 32.2 Å². The average Bonchev–Trinajstić information content (AvgIpc) is 2.14. The maximum absolute atomic E-state index is 10.9. The van der Waals surface area contributed by atoms with Crippen molar-refractivity contribution in [3.05, 3.63) is 24.3 Å². The van der Waals surface area contributed by atoms with Crippen LogP contribution >= 0.6 is 0 Å². The van der Waals surface area contributed by atoms with Gasteiger partial charge in [-0.15, -0.1) is 0 Å². The summed E-state index contributed by atoms with van der Waals surface area (Å²) in [6.45, 7) is -0.541. The van der Waals surface area contributed by atoms with Crippen molar-refractivity contribution in [3.8, 4) is 5.75 Å². The Morgan fingerprint density at radius 2 is 2.07 bits per heavy atom. The molecular formula is C8H9O6Sb. The summed E-state index contributed by atoms with van der Waals surface area (Å²) >= 11 is -5.21. The summed E-state index contributed by atoms with van der Waals surface area (Å²) in [5.74, 6) is -1.02. The van der Waals surface area contributed by atoms with Gasteiger partial charge >= 0.3 is 90.2 Å². The van der Waals surface area contributed by atoms with Crippen molar-refractivity contribution >= 4 is 29.1 Å². The zero-order valence-corrected chi connectivity index (χ0v) is 10.1. The van der Waals surface area contributed by atoms with Crippen LogP contribution in [-0.4, -0.2) is 44.1 Å². The summed E-state index contributed by atoms with van der Waals surface area (Å²) < 4.78 is 33.4. The molecule has 0 aliphatic heterocycles. The standard InChI is InChI=1S/C8H7O3.2H2O.O.Sb/c9-8(10)6-11-7-4-2-1-3-5-7;;;;/h1-2,4-5H,6H2,(H,9,10);2*1H2;;/q;;;;+2/p-2. The fraction of sp³-hybridized carbons (Fsp3) is 0.125. The maximum atomic E-state index is 10.9. The van der Waals surface area contributed by atoms with Crippen LogP contribution in [-0.2, 0) is 7.81 Å². The van der Waals surface area contributed by atoms with Crippen molar-refractivity contribution in [1.29, 1.82) is 0 Å². The Morgan fingerprint density at radius 3 is 2.60 bits per heavy atom. The van der Waals surface area contributed by atoms with Crippen LogP contribution in [0.1, 0.15) is 0 Å². The molecule has 0 heterocycles. The molecule has 0 saturated heterocycles. The summed E-state index contributed by atoms with van der Waals surface area (Å²) in [5, 5.41) is 8.33.